The van der Waals surface area contributed by atoms with Crippen LogP contribution in [-0.4, -0.2) is 54.5 Å². The number of methoxy groups -OCH3 is 1. The van der Waals surface area contributed by atoms with Crippen molar-refractivity contribution in [2.24, 2.45) is 0 Å². The average molecular weight is 227 g/mol. The Bertz CT molecular complexity index is 334. The molecule has 0 spiro atoms. The number of nitrogens with zero attached hydrogens (tertiary/aromatic N) is 1. The number of carbonyl (C=O) groups excluding carboxylic acids is 2. The van der Waals surface area contributed by atoms with Crippen molar-refractivity contribution in [2.75, 3.05) is 20.3 Å². The molecule has 1 rings (SSSR count). The zero-order valence-electron chi connectivity index (χ0n) is 8.88. The van der Waals surface area contributed by atoms with Crippen LogP contribution in [0.1, 0.15) is 0 Å². The maximum atomic E-state index is 11.4. The number of hydroxylamine groups is 2. The Hall–Kier alpha value is -1.46. The molecule has 0 bridgehead atoms. The summed E-state index contributed by atoms with van der Waals surface area (Å²) in [6.07, 6.45) is 0.426. The topological polar surface area (TPSA) is 76.1 Å². The summed E-state index contributed by atoms with van der Waals surface area (Å²) >= 11 is 0. The zero-order valence-corrected chi connectivity index (χ0v) is 8.88. The van der Waals surface area contributed by atoms with E-state index >= 15 is 0 Å². The van der Waals surface area contributed by atoms with Gasteiger partial charge in [0.1, 0.15) is 12.0 Å². The first-order valence-corrected chi connectivity index (χ1v) is 4.67. The van der Waals surface area contributed by atoms with Gasteiger partial charge in [-0.1, -0.05) is 6.08 Å². The van der Waals surface area contributed by atoms with E-state index in [-0.39, 0.29) is 18.7 Å². The van der Waals surface area contributed by atoms with E-state index in [1.807, 2.05) is 0 Å². The van der Waals surface area contributed by atoms with Crippen LogP contribution >= 0.6 is 0 Å². The van der Waals surface area contributed by atoms with Crippen LogP contribution in [0.25, 0.3) is 0 Å². The van der Waals surface area contributed by atoms with E-state index in [0.717, 1.165) is 0 Å². The summed E-state index contributed by atoms with van der Waals surface area (Å²) in [5.41, 5.74) is -0.0732. The van der Waals surface area contributed by atoms with Gasteiger partial charge in [0.15, 0.2) is 6.04 Å². The average Bonchev–Trinajstić information content (AvgIpc) is 2.61. The lowest BCUT2D eigenvalue weighted by molar-refractivity contribution is -0.181. The van der Waals surface area contributed by atoms with Crippen LogP contribution in [0.2, 0.25) is 0 Å². The number of aliphatic hydroxyl groups excluding tert-OH is 1. The second-order valence-electron chi connectivity index (χ2n) is 3.18. The van der Waals surface area contributed by atoms with Gasteiger partial charge in [-0.3, -0.25) is 4.84 Å². The van der Waals surface area contributed by atoms with Crippen LogP contribution in [0.5, 0.6) is 0 Å². The largest absolute Gasteiger partial charge is 0.468 e. The van der Waals surface area contributed by atoms with E-state index in [4.69, 9.17) is 4.84 Å². The number of ether oxygens (including phenoxy) is 1. The summed E-state index contributed by atoms with van der Waals surface area (Å²) in [5.74, 6) is 0.886. The van der Waals surface area contributed by atoms with Crippen molar-refractivity contribution >= 4 is 11.9 Å². The molecule has 0 radical (unpaired) electrons. The van der Waals surface area contributed by atoms with E-state index in [9.17, 15) is 14.7 Å². The first-order valence-electron chi connectivity index (χ1n) is 4.67. The summed E-state index contributed by atoms with van der Waals surface area (Å²) < 4.78 is 4.53. The molecule has 1 aliphatic rings. The third kappa shape index (κ3) is 2.37. The zero-order chi connectivity index (χ0) is 12.1. The summed E-state index contributed by atoms with van der Waals surface area (Å²) in [4.78, 5) is 27.2. The highest BCUT2D eigenvalue weighted by Crippen LogP contribution is 2.23. The molecule has 1 aliphatic heterocycles. The molecule has 16 heavy (non-hydrogen) atoms. The molecule has 0 aromatic carbocycles. The minimum Gasteiger partial charge on any atom is -0.468 e. The van der Waals surface area contributed by atoms with Crippen molar-refractivity contribution in [2.45, 2.75) is 12.1 Å². The van der Waals surface area contributed by atoms with Gasteiger partial charge < -0.3 is 9.84 Å². The highest BCUT2D eigenvalue weighted by molar-refractivity contribution is 5.84. The fourth-order valence-electron chi connectivity index (χ4n) is 1.47. The van der Waals surface area contributed by atoms with Crippen LogP contribution in [-0.2, 0) is 19.2 Å². The lowest BCUT2D eigenvalue weighted by atomic mass is 10.1. The molecule has 0 saturated carbocycles. The number of β-amino-alcohol motifs (C(OH)–C–C–N with tert-alkyl or cyclic N) is 1. The fraction of sp³-hybridized carbons (Fsp3) is 0.500. The number of hydrogen-bond donors (Lipinski definition) is 1. The smallest absolute Gasteiger partial charge is 0.330 e. The minimum absolute atomic E-state index is 0.0260. The van der Waals surface area contributed by atoms with Crippen molar-refractivity contribution in [1.82, 2.24) is 5.06 Å². The van der Waals surface area contributed by atoms with Crippen LogP contribution in [0.15, 0.2) is 18.2 Å². The Morgan fingerprint density at radius 2 is 2.50 bits per heavy atom. The maximum absolute atomic E-state index is 11.4. The Labute approximate surface area is 92.7 Å². The molecule has 6 nitrogen and oxygen atoms in total. The van der Waals surface area contributed by atoms with Crippen molar-refractivity contribution < 1.29 is 24.3 Å². The fourth-order valence-corrected chi connectivity index (χ4v) is 1.47. The monoisotopic (exact) mass is 227 g/mol. The van der Waals surface area contributed by atoms with Gasteiger partial charge in [0, 0.05) is 0 Å². The molecule has 88 valence electrons. The summed E-state index contributed by atoms with van der Waals surface area (Å²) in [7, 11) is 1.20. The van der Waals surface area contributed by atoms with Crippen LogP contribution in [0, 0.1) is 0 Å². The highest BCUT2D eigenvalue weighted by atomic mass is 16.7. The molecule has 1 saturated heterocycles. The number of carbonyl (C=O) groups is 1. The van der Waals surface area contributed by atoms with Crippen molar-refractivity contribution in [3.05, 3.63) is 18.2 Å². The van der Waals surface area contributed by atoms with E-state index < -0.39 is 18.1 Å². The van der Waals surface area contributed by atoms with Crippen molar-refractivity contribution in [3.63, 3.8) is 0 Å². The summed E-state index contributed by atoms with van der Waals surface area (Å²) in [6.45, 7) is 3.65. The molecule has 0 aromatic heterocycles. The third-order valence-corrected chi connectivity index (χ3v) is 2.19. The van der Waals surface area contributed by atoms with Crippen molar-refractivity contribution in [3.8, 4) is 0 Å². The van der Waals surface area contributed by atoms with Gasteiger partial charge in [-0.2, -0.15) is 5.06 Å². The molecule has 1 N–H and O–H groups in total. The standard InChI is InChI=1S/C10H13NO5/c1-3-4-16-11-5-8(13)7(6-12)9(11)10(14)15-2/h3,8-9,13H,1,4-5H2,2H3. The summed E-state index contributed by atoms with van der Waals surface area (Å²) in [6, 6.07) is -1.03. The predicted octanol–water partition coefficient (Wildman–Crippen LogP) is -0.920. The highest BCUT2D eigenvalue weighted by Gasteiger charge is 2.43. The van der Waals surface area contributed by atoms with Crippen LogP contribution in [0.3, 0.4) is 0 Å². The number of hydrogen-bond acceptors (Lipinski definition) is 6. The van der Waals surface area contributed by atoms with E-state index in [2.05, 4.69) is 11.3 Å². The van der Waals surface area contributed by atoms with Gasteiger partial charge in [0.2, 0.25) is 0 Å². The molecule has 0 amide bonds. The molecule has 2 unspecified atom stereocenters. The van der Waals surface area contributed by atoms with Crippen LogP contribution in [0.4, 0.5) is 0 Å². The number of rotatable bonds is 4. The lowest BCUT2D eigenvalue weighted by Gasteiger charge is -2.19. The van der Waals surface area contributed by atoms with Gasteiger partial charge in [0.25, 0.3) is 0 Å². The predicted molar refractivity (Wildman–Crippen MR) is 53.9 cm³/mol. The first kappa shape index (κ1) is 12.6. The molecule has 1 fully saturated rings. The Morgan fingerprint density at radius 1 is 1.81 bits per heavy atom. The van der Waals surface area contributed by atoms with Crippen LogP contribution < -0.4 is 0 Å². The van der Waals surface area contributed by atoms with Gasteiger partial charge in [-0.05, 0) is 0 Å². The lowest BCUT2D eigenvalue weighted by Crippen LogP contribution is -2.38. The van der Waals surface area contributed by atoms with E-state index in [1.54, 1.807) is 5.94 Å². The van der Waals surface area contributed by atoms with Gasteiger partial charge in [-0.25, -0.2) is 9.59 Å². The minimum atomic E-state index is -1.06. The van der Waals surface area contributed by atoms with E-state index in [1.165, 1.54) is 18.2 Å². The Kier molecular flexibility index (Phi) is 4.39. The molecule has 1 heterocycles. The molecule has 2 atom stereocenters. The molecule has 0 aliphatic carbocycles. The molecule has 0 aromatic rings. The maximum Gasteiger partial charge on any atom is 0.330 e. The molecular weight excluding hydrogens is 214 g/mol. The number of aliphatic hydroxyl groups is 1. The number of esters is 1. The van der Waals surface area contributed by atoms with E-state index in [0.29, 0.717) is 0 Å². The second kappa shape index (κ2) is 5.58. The third-order valence-electron chi connectivity index (χ3n) is 2.19. The van der Waals surface area contributed by atoms with Crippen molar-refractivity contribution in [1.29, 1.82) is 0 Å². The normalized spacial score (nSPS) is 25.2. The second-order valence-corrected chi connectivity index (χ2v) is 3.18. The van der Waals surface area contributed by atoms with Gasteiger partial charge in [-0.15, -0.1) is 6.58 Å². The first-order chi connectivity index (χ1) is 7.65. The SMILES string of the molecule is C=CCON1CC(O)C(=C=O)C1C(=O)OC. The van der Waals surface area contributed by atoms with Gasteiger partial charge >= 0.3 is 5.97 Å². The van der Waals surface area contributed by atoms with Gasteiger partial charge in [0.05, 0.1) is 25.8 Å². The molecule has 6 heteroatoms. The Balaban J connectivity index is 2.88. The summed E-state index contributed by atoms with van der Waals surface area (Å²) in [5, 5.41) is 10.7. The Morgan fingerprint density at radius 3 is 3.00 bits per heavy atom. The quantitative estimate of drug-likeness (QED) is 0.380. The molecular formula is C10H13NO5.